The highest BCUT2D eigenvalue weighted by atomic mass is 19.4. The first-order valence-corrected chi connectivity index (χ1v) is 7.17. The number of alkyl halides is 3. The minimum absolute atomic E-state index is 0.188. The number of nitrogens with zero attached hydrogens (tertiary/aromatic N) is 3. The fourth-order valence-electron chi connectivity index (χ4n) is 2.00. The summed E-state index contributed by atoms with van der Waals surface area (Å²) in [6.45, 7) is 4.20. The topological polar surface area (TPSA) is 59.8 Å². The van der Waals surface area contributed by atoms with Crippen LogP contribution in [0.3, 0.4) is 0 Å². The minimum atomic E-state index is -4.75. The molecule has 0 spiro atoms. The van der Waals surface area contributed by atoms with E-state index >= 15 is 0 Å². The Balaban J connectivity index is 2.34. The Kier molecular flexibility index (Phi) is 5.02. The third kappa shape index (κ3) is 4.08. The van der Waals surface area contributed by atoms with Crippen molar-refractivity contribution < 1.29 is 18.0 Å². The van der Waals surface area contributed by atoms with Crippen molar-refractivity contribution in [3.8, 4) is 5.69 Å². The van der Waals surface area contributed by atoms with Crippen molar-refractivity contribution in [3.05, 3.63) is 41.7 Å². The molecule has 0 saturated carbocycles. The number of hydrogen-bond acceptors (Lipinski definition) is 3. The zero-order chi connectivity index (χ0) is 17.0. The number of nitrogens with one attached hydrogen (secondary N) is 1. The lowest BCUT2D eigenvalue weighted by molar-refractivity contribution is -0.143. The lowest BCUT2D eigenvalue weighted by Crippen LogP contribution is -2.28. The van der Waals surface area contributed by atoms with E-state index in [1.807, 2.05) is 13.8 Å². The van der Waals surface area contributed by atoms with Crippen LogP contribution in [-0.2, 0) is 6.18 Å². The Hall–Kier alpha value is -2.38. The number of amides is 1. The summed E-state index contributed by atoms with van der Waals surface area (Å²) in [5.41, 5.74) is -1.70. The molecule has 0 saturated heterocycles. The maximum atomic E-state index is 13.4. The van der Waals surface area contributed by atoms with E-state index in [2.05, 4.69) is 15.6 Å². The van der Waals surface area contributed by atoms with E-state index in [4.69, 9.17) is 0 Å². The molecular formula is C15H17F3N4O. The van der Waals surface area contributed by atoms with Gasteiger partial charge in [-0.3, -0.25) is 4.79 Å². The summed E-state index contributed by atoms with van der Waals surface area (Å²) in [6, 6.07) is 7.76. The monoisotopic (exact) mass is 326 g/mol. The van der Waals surface area contributed by atoms with Crippen LogP contribution in [0.2, 0.25) is 0 Å². The lowest BCUT2D eigenvalue weighted by Gasteiger charge is -2.11. The summed E-state index contributed by atoms with van der Waals surface area (Å²) in [5, 5.41) is 9.39. The molecule has 0 aliphatic carbocycles. The number of carbonyl (C=O) groups is 1. The van der Waals surface area contributed by atoms with E-state index < -0.39 is 23.5 Å². The second-order valence-corrected chi connectivity index (χ2v) is 5.47. The first-order valence-electron chi connectivity index (χ1n) is 7.17. The zero-order valence-corrected chi connectivity index (χ0v) is 12.8. The van der Waals surface area contributed by atoms with Gasteiger partial charge in [0.2, 0.25) is 0 Å². The highest BCUT2D eigenvalue weighted by Crippen LogP contribution is 2.32. The van der Waals surface area contributed by atoms with Crippen LogP contribution in [0.15, 0.2) is 30.3 Å². The van der Waals surface area contributed by atoms with Gasteiger partial charge in [-0.1, -0.05) is 37.3 Å². The molecule has 0 fully saturated rings. The van der Waals surface area contributed by atoms with Gasteiger partial charge in [-0.25, -0.2) is 4.68 Å². The first-order chi connectivity index (χ1) is 10.8. The molecule has 8 heteroatoms. The number of aromatic nitrogens is 3. The number of halogens is 3. The van der Waals surface area contributed by atoms with Crippen molar-refractivity contribution in [2.24, 2.45) is 5.92 Å². The molecule has 1 heterocycles. The van der Waals surface area contributed by atoms with Gasteiger partial charge < -0.3 is 5.32 Å². The van der Waals surface area contributed by atoms with Gasteiger partial charge in [0.1, 0.15) is 0 Å². The normalized spacial score (nSPS) is 11.7. The third-order valence-corrected chi connectivity index (χ3v) is 3.16. The number of rotatable bonds is 5. The van der Waals surface area contributed by atoms with E-state index in [9.17, 15) is 18.0 Å². The molecule has 0 unspecified atom stereocenters. The summed E-state index contributed by atoms with van der Waals surface area (Å²) in [7, 11) is 0. The summed E-state index contributed by atoms with van der Waals surface area (Å²) in [6.07, 6.45) is -4.08. The average Bonchev–Trinajstić information content (AvgIpc) is 2.92. The molecule has 2 rings (SSSR count). The van der Waals surface area contributed by atoms with Crippen LogP contribution in [0.5, 0.6) is 0 Å². The fourth-order valence-corrected chi connectivity index (χ4v) is 2.00. The van der Waals surface area contributed by atoms with Gasteiger partial charge >= 0.3 is 6.18 Å². The maximum absolute atomic E-state index is 13.4. The van der Waals surface area contributed by atoms with Gasteiger partial charge in [-0.15, -0.1) is 5.10 Å². The molecule has 124 valence electrons. The van der Waals surface area contributed by atoms with Crippen molar-refractivity contribution in [3.63, 3.8) is 0 Å². The van der Waals surface area contributed by atoms with E-state index in [-0.39, 0.29) is 12.2 Å². The van der Waals surface area contributed by atoms with E-state index in [0.717, 1.165) is 0 Å². The molecule has 5 nitrogen and oxygen atoms in total. The quantitative estimate of drug-likeness (QED) is 0.918. The third-order valence-electron chi connectivity index (χ3n) is 3.16. The Morgan fingerprint density at radius 1 is 1.26 bits per heavy atom. The first kappa shape index (κ1) is 17.0. The Bertz CT molecular complexity index is 665. The van der Waals surface area contributed by atoms with E-state index in [1.54, 1.807) is 18.2 Å². The molecule has 0 aliphatic rings. The molecule has 2 aromatic rings. The number of carbonyl (C=O) groups excluding carboxylic acids is 1. The Morgan fingerprint density at radius 3 is 2.48 bits per heavy atom. The van der Waals surface area contributed by atoms with Crippen LogP contribution in [-0.4, -0.2) is 27.4 Å². The van der Waals surface area contributed by atoms with Crippen LogP contribution in [0.4, 0.5) is 13.2 Å². The van der Waals surface area contributed by atoms with Crippen molar-refractivity contribution in [1.82, 2.24) is 20.3 Å². The second kappa shape index (κ2) is 6.80. The van der Waals surface area contributed by atoms with Crippen molar-refractivity contribution >= 4 is 5.91 Å². The van der Waals surface area contributed by atoms with Crippen molar-refractivity contribution in [2.75, 3.05) is 6.54 Å². The van der Waals surface area contributed by atoms with Crippen LogP contribution >= 0.6 is 0 Å². The van der Waals surface area contributed by atoms with E-state index in [1.165, 1.54) is 12.1 Å². The highest BCUT2D eigenvalue weighted by Gasteiger charge is 2.41. The number of benzene rings is 1. The lowest BCUT2D eigenvalue weighted by atomic mass is 10.1. The Labute approximate surface area is 131 Å². The Morgan fingerprint density at radius 2 is 1.91 bits per heavy atom. The SMILES string of the molecule is CC(C)CCNC(=O)c1nnn(-c2ccccc2)c1C(F)(F)F. The summed E-state index contributed by atoms with van der Waals surface area (Å²) >= 11 is 0. The second-order valence-electron chi connectivity index (χ2n) is 5.47. The summed E-state index contributed by atoms with van der Waals surface area (Å²) in [4.78, 5) is 12.0. The molecule has 0 radical (unpaired) electrons. The van der Waals surface area contributed by atoms with Gasteiger partial charge in [0, 0.05) is 6.54 Å². The van der Waals surface area contributed by atoms with Crippen LogP contribution in [0.25, 0.3) is 5.69 Å². The standard InChI is InChI=1S/C15H17F3N4O/c1-10(2)8-9-19-14(23)12-13(15(16,17)18)22(21-20-12)11-6-4-3-5-7-11/h3-7,10H,8-9H2,1-2H3,(H,19,23). The molecule has 1 amide bonds. The predicted molar refractivity (Wildman–Crippen MR) is 78.1 cm³/mol. The van der Waals surface area contributed by atoms with Gasteiger partial charge in [-0.2, -0.15) is 13.2 Å². The molecule has 0 bridgehead atoms. The van der Waals surface area contributed by atoms with Gasteiger partial charge in [-0.05, 0) is 24.5 Å². The van der Waals surface area contributed by atoms with Crippen LogP contribution in [0.1, 0.15) is 36.5 Å². The molecule has 23 heavy (non-hydrogen) atoms. The van der Waals surface area contributed by atoms with Gasteiger partial charge in [0.05, 0.1) is 5.69 Å². The molecule has 0 atom stereocenters. The van der Waals surface area contributed by atoms with Crippen molar-refractivity contribution in [1.29, 1.82) is 0 Å². The maximum Gasteiger partial charge on any atom is 0.435 e. The summed E-state index contributed by atoms with van der Waals surface area (Å²) in [5.74, 6) is -0.544. The van der Waals surface area contributed by atoms with Gasteiger partial charge in [0.25, 0.3) is 5.91 Å². The van der Waals surface area contributed by atoms with Crippen molar-refractivity contribution in [2.45, 2.75) is 26.4 Å². The molecule has 1 N–H and O–H groups in total. The predicted octanol–water partition coefficient (Wildman–Crippen LogP) is 3.06. The molecule has 1 aromatic heterocycles. The van der Waals surface area contributed by atoms with E-state index in [0.29, 0.717) is 17.0 Å². The number of para-hydroxylation sites is 1. The molecule has 1 aromatic carbocycles. The van der Waals surface area contributed by atoms with Crippen LogP contribution < -0.4 is 5.32 Å². The van der Waals surface area contributed by atoms with Gasteiger partial charge in [0.15, 0.2) is 11.4 Å². The average molecular weight is 326 g/mol. The summed E-state index contributed by atoms with van der Waals surface area (Å²) < 4.78 is 40.7. The smallest absolute Gasteiger partial charge is 0.351 e. The number of hydrogen-bond donors (Lipinski definition) is 1. The zero-order valence-electron chi connectivity index (χ0n) is 12.8. The fraction of sp³-hybridized carbons (Fsp3) is 0.400. The molecule has 0 aliphatic heterocycles. The largest absolute Gasteiger partial charge is 0.435 e. The minimum Gasteiger partial charge on any atom is -0.351 e. The molecular weight excluding hydrogens is 309 g/mol. The highest BCUT2D eigenvalue weighted by molar-refractivity contribution is 5.93. The van der Waals surface area contributed by atoms with Crippen LogP contribution in [0, 0.1) is 5.92 Å².